The maximum Gasteiger partial charge on any atom is 0.0787 e. The molecule has 244 valence electrons. The lowest BCUT2D eigenvalue weighted by molar-refractivity contribution is 1.33. The molecule has 0 aliphatic rings. The van der Waals surface area contributed by atoms with E-state index in [0.717, 1.165) is 44.6 Å². The van der Waals surface area contributed by atoms with Crippen molar-refractivity contribution in [3.63, 3.8) is 0 Å². The zero-order valence-electron chi connectivity index (χ0n) is 28.5. The first-order valence-electron chi connectivity index (χ1n) is 17.6. The van der Waals surface area contributed by atoms with Crippen LogP contribution in [0.1, 0.15) is 0 Å². The minimum atomic E-state index is 0.952. The molecular weight excluding hydrogens is 629 g/mol. The molecule has 2 nitrogen and oxygen atoms in total. The highest BCUT2D eigenvalue weighted by molar-refractivity contribution is 5.97. The Kier molecular flexibility index (Phi) is 8.24. The Hall–Kier alpha value is -6.90. The van der Waals surface area contributed by atoms with Gasteiger partial charge < -0.3 is 0 Å². The van der Waals surface area contributed by atoms with Crippen molar-refractivity contribution in [1.29, 1.82) is 0 Å². The van der Waals surface area contributed by atoms with Crippen LogP contribution in [0.3, 0.4) is 0 Å². The molecule has 0 saturated carbocycles. The molecule has 9 rings (SSSR count). The van der Waals surface area contributed by atoms with E-state index < -0.39 is 0 Å². The number of hydrogen-bond donors (Lipinski definition) is 0. The predicted molar refractivity (Wildman–Crippen MR) is 218 cm³/mol. The van der Waals surface area contributed by atoms with E-state index in [9.17, 15) is 0 Å². The number of rotatable bonds is 7. The second-order valence-electron chi connectivity index (χ2n) is 13.1. The molecule has 0 spiro atoms. The van der Waals surface area contributed by atoms with Crippen molar-refractivity contribution in [2.45, 2.75) is 0 Å². The van der Waals surface area contributed by atoms with Crippen LogP contribution < -0.4 is 0 Å². The molecule has 0 N–H and O–H groups in total. The summed E-state index contributed by atoms with van der Waals surface area (Å²) in [5, 5.41) is 2.31. The number of fused-ring (bicyclic) bond motifs is 1. The molecule has 0 saturated heterocycles. The summed E-state index contributed by atoms with van der Waals surface area (Å²) in [6.07, 6.45) is 3.66. The molecule has 0 atom stereocenters. The number of nitrogens with zero attached hydrogens (tertiary/aromatic N) is 2. The van der Waals surface area contributed by atoms with Crippen LogP contribution in [0.4, 0.5) is 0 Å². The van der Waals surface area contributed by atoms with Crippen molar-refractivity contribution in [3.8, 4) is 78.1 Å². The Morgan fingerprint density at radius 3 is 1.33 bits per heavy atom. The fourth-order valence-corrected chi connectivity index (χ4v) is 7.06. The molecule has 0 unspecified atom stereocenters. The third kappa shape index (κ3) is 6.30. The highest BCUT2D eigenvalue weighted by Crippen LogP contribution is 2.37. The molecule has 2 heterocycles. The van der Waals surface area contributed by atoms with E-state index >= 15 is 0 Å². The van der Waals surface area contributed by atoms with Crippen LogP contribution in [-0.4, -0.2) is 9.97 Å². The van der Waals surface area contributed by atoms with Gasteiger partial charge in [-0.05, 0) is 110 Å². The molecule has 52 heavy (non-hydrogen) atoms. The molecule has 0 radical (unpaired) electrons. The summed E-state index contributed by atoms with van der Waals surface area (Å²) in [5.41, 5.74) is 15.9. The van der Waals surface area contributed by atoms with E-state index in [4.69, 9.17) is 4.98 Å². The van der Waals surface area contributed by atoms with Crippen LogP contribution in [0, 0.1) is 0 Å². The molecular formula is C50H34N2. The summed E-state index contributed by atoms with van der Waals surface area (Å²) in [6.45, 7) is 0. The highest BCUT2D eigenvalue weighted by atomic mass is 14.7. The molecule has 0 amide bonds. The van der Waals surface area contributed by atoms with Crippen LogP contribution in [-0.2, 0) is 0 Å². The first kappa shape index (κ1) is 31.1. The Balaban J connectivity index is 1.10. The van der Waals surface area contributed by atoms with Crippen molar-refractivity contribution < 1.29 is 0 Å². The summed E-state index contributed by atoms with van der Waals surface area (Å²) in [5.74, 6) is 0. The highest BCUT2D eigenvalue weighted by Gasteiger charge is 2.13. The van der Waals surface area contributed by atoms with Gasteiger partial charge in [0.2, 0.25) is 0 Å². The SMILES string of the molecule is c1ccc(-c2cc(-c3ccccc3)cc(-c3cccc(-c4cccc(-c5cc6ccccc6c(-c6ccc(-c7ccncc7)cc6)n5)c4)c3)c2)cc1. The minimum absolute atomic E-state index is 0.952. The Bertz CT molecular complexity index is 2590. The first-order valence-corrected chi connectivity index (χ1v) is 17.6. The second kappa shape index (κ2) is 13.8. The van der Waals surface area contributed by atoms with E-state index in [1.807, 2.05) is 24.5 Å². The Labute approximate surface area is 304 Å². The largest absolute Gasteiger partial charge is 0.265 e. The van der Waals surface area contributed by atoms with Gasteiger partial charge >= 0.3 is 0 Å². The molecule has 9 aromatic rings. The van der Waals surface area contributed by atoms with Gasteiger partial charge in [0.25, 0.3) is 0 Å². The third-order valence-corrected chi connectivity index (χ3v) is 9.75. The van der Waals surface area contributed by atoms with Gasteiger partial charge in [-0.15, -0.1) is 0 Å². The van der Waals surface area contributed by atoms with Crippen molar-refractivity contribution in [3.05, 3.63) is 207 Å². The number of aromatic nitrogens is 2. The minimum Gasteiger partial charge on any atom is -0.265 e. The third-order valence-electron chi connectivity index (χ3n) is 9.75. The maximum absolute atomic E-state index is 5.31. The fourth-order valence-electron chi connectivity index (χ4n) is 7.06. The van der Waals surface area contributed by atoms with Gasteiger partial charge in [-0.2, -0.15) is 0 Å². The van der Waals surface area contributed by atoms with Crippen molar-refractivity contribution in [2.24, 2.45) is 0 Å². The molecule has 2 heteroatoms. The second-order valence-corrected chi connectivity index (χ2v) is 13.1. The van der Waals surface area contributed by atoms with Crippen LogP contribution in [0.5, 0.6) is 0 Å². The van der Waals surface area contributed by atoms with Gasteiger partial charge in [-0.25, -0.2) is 4.98 Å². The normalized spacial score (nSPS) is 11.1. The average molecular weight is 663 g/mol. The van der Waals surface area contributed by atoms with Gasteiger partial charge in [0.05, 0.1) is 11.4 Å². The quantitative estimate of drug-likeness (QED) is 0.170. The van der Waals surface area contributed by atoms with Crippen molar-refractivity contribution in [2.75, 3.05) is 0 Å². The molecule has 2 aromatic heterocycles. The summed E-state index contributed by atoms with van der Waals surface area (Å²) < 4.78 is 0. The van der Waals surface area contributed by atoms with Crippen LogP contribution in [0.25, 0.3) is 88.9 Å². The van der Waals surface area contributed by atoms with E-state index in [1.165, 1.54) is 44.3 Å². The number of benzene rings is 7. The van der Waals surface area contributed by atoms with E-state index in [2.05, 4.69) is 187 Å². The van der Waals surface area contributed by atoms with E-state index in [0.29, 0.717) is 0 Å². The predicted octanol–water partition coefficient (Wildman–Crippen LogP) is 13.3. The van der Waals surface area contributed by atoms with E-state index in [1.54, 1.807) is 0 Å². The lowest BCUT2D eigenvalue weighted by Crippen LogP contribution is -1.92. The molecule has 0 aliphatic carbocycles. The van der Waals surface area contributed by atoms with Gasteiger partial charge in [-0.3, -0.25) is 4.98 Å². The van der Waals surface area contributed by atoms with Crippen LogP contribution in [0.15, 0.2) is 207 Å². The van der Waals surface area contributed by atoms with Gasteiger partial charge in [0.1, 0.15) is 0 Å². The van der Waals surface area contributed by atoms with Gasteiger partial charge in [-0.1, -0.05) is 146 Å². The zero-order valence-corrected chi connectivity index (χ0v) is 28.5. The fraction of sp³-hybridized carbons (Fsp3) is 0. The van der Waals surface area contributed by atoms with Crippen molar-refractivity contribution in [1.82, 2.24) is 9.97 Å². The summed E-state index contributed by atoms with van der Waals surface area (Å²) in [7, 11) is 0. The molecule has 0 bridgehead atoms. The topological polar surface area (TPSA) is 25.8 Å². The number of hydrogen-bond acceptors (Lipinski definition) is 2. The summed E-state index contributed by atoms with van der Waals surface area (Å²) >= 11 is 0. The first-order chi connectivity index (χ1) is 25.7. The summed E-state index contributed by atoms with van der Waals surface area (Å²) in [6, 6.07) is 69.3. The smallest absolute Gasteiger partial charge is 0.0787 e. The van der Waals surface area contributed by atoms with Gasteiger partial charge in [0.15, 0.2) is 0 Å². The summed E-state index contributed by atoms with van der Waals surface area (Å²) in [4.78, 5) is 9.48. The maximum atomic E-state index is 5.31. The Morgan fingerprint density at radius 2 is 0.692 bits per heavy atom. The number of pyridine rings is 2. The zero-order chi connectivity index (χ0) is 34.7. The molecule has 0 aliphatic heterocycles. The lowest BCUT2D eigenvalue weighted by Gasteiger charge is -2.13. The average Bonchev–Trinajstić information content (AvgIpc) is 3.24. The van der Waals surface area contributed by atoms with Crippen LogP contribution in [0.2, 0.25) is 0 Å². The monoisotopic (exact) mass is 662 g/mol. The van der Waals surface area contributed by atoms with Gasteiger partial charge in [0, 0.05) is 28.9 Å². The van der Waals surface area contributed by atoms with Crippen LogP contribution >= 0.6 is 0 Å². The van der Waals surface area contributed by atoms with E-state index in [-0.39, 0.29) is 0 Å². The van der Waals surface area contributed by atoms with Crippen molar-refractivity contribution >= 4 is 10.8 Å². The standard InChI is InChI=1S/C50H34N2/c1-3-11-35(12-4-1)45-31-46(36-13-5-2-6-14-36)33-47(32-45)42-18-9-16-40(29-42)41-17-10-19-44(30-41)49-34-43-15-7-8-20-48(43)50(52-49)39-23-21-37(22-24-39)38-25-27-51-28-26-38/h1-34H. The molecule has 7 aromatic carbocycles. The lowest BCUT2D eigenvalue weighted by atomic mass is 9.92. The molecule has 0 fully saturated rings. The Morgan fingerprint density at radius 1 is 0.269 bits per heavy atom.